The van der Waals surface area contributed by atoms with Crippen LogP contribution in [0.15, 0.2) is 35.4 Å². The van der Waals surface area contributed by atoms with E-state index >= 15 is 0 Å². The molecule has 1 fully saturated rings. The van der Waals surface area contributed by atoms with Crippen molar-refractivity contribution >= 4 is 41.5 Å². The molecule has 1 saturated heterocycles. The Bertz CT molecular complexity index is 1160. The van der Waals surface area contributed by atoms with Crippen LogP contribution in [-0.4, -0.2) is 54.4 Å². The number of hydrogen-bond donors (Lipinski definition) is 5. The molecule has 11 nitrogen and oxygen atoms in total. The van der Waals surface area contributed by atoms with Gasteiger partial charge in [-0.25, -0.2) is 14.2 Å². The van der Waals surface area contributed by atoms with Crippen molar-refractivity contribution in [1.82, 2.24) is 10.3 Å². The molecule has 0 saturated carbocycles. The minimum Gasteiger partial charge on any atom is -0.444 e. The molecule has 1 aromatic heterocycles. The number of ether oxygens (including phenoxy) is 2. The molecular formula is C24H29FN8O3. The van der Waals surface area contributed by atoms with Crippen LogP contribution in [0.1, 0.15) is 32.8 Å². The summed E-state index contributed by atoms with van der Waals surface area (Å²) in [6.07, 6.45) is 2.22. The number of benzene rings is 1. The first-order chi connectivity index (χ1) is 17.2. The molecular weight excluding hydrogens is 467 g/mol. The first kappa shape index (κ1) is 26.4. The number of alkyl carbamates (subject to hydrolysis) is 1. The minimum atomic E-state index is -0.698. The lowest BCUT2D eigenvalue weighted by atomic mass is 10.0. The summed E-state index contributed by atoms with van der Waals surface area (Å²) >= 11 is 0. The number of anilines is 4. The molecule has 0 unspecified atom stereocenters. The fourth-order valence-corrected chi connectivity index (χ4v) is 3.41. The van der Waals surface area contributed by atoms with Gasteiger partial charge >= 0.3 is 6.09 Å². The molecule has 1 aromatic carbocycles. The van der Waals surface area contributed by atoms with E-state index < -0.39 is 23.6 Å². The molecule has 36 heavy (non-hydrogen) atoms. The standard InChI is InChI=1S/C24H29FN8O3/c1-24(2,3)36-23(34)31-20-14-35-10-7-19(20)30-22-18(25)11-15(13-27)21(32-22)29-16-5-4-6-17(12-16)33-28-9-8-26/h4-6,8-9,11-12,19-20,26,33H,7,10,14H2,1-3H3,(H,31,34)(H2,29,30,32)/b26-8?,28-9-/t19-,20+/m1/s1. The van der Waals surface area contributed by atoms with Crippen molar-refractivity contribution < 1.29 is 18.7 Å². The van der Waals surface area contributed by atoms with E-state index in [9.17, 15) is 14.4 Å². The highest BCUT2D eigenvalue weighted by Crippen LogP contribution is 2.26. The largest absolute Gasteiger partial charge is 0.444 e. The summed E-state index contributed by atoms with van der Waals surface area (Å²) in [4.78, 5) is 16.6. The zero-order valence-corrected chi connectivity index (χ0v) is 20.3. The van der Waals surface area contributed by atoms with E-state index in [1.54, 1.807) is 45.0 Å². The fraction of sp³-hybridized carbons (Fsp3) is 0.375. The van der Waals surface area contributed by atoms with Gasteiger partial charge in [0.15, 0.2) is 17.5 Å². The van der Waals surface area contributed by atoms with Gasteiger partial charge in [0, 0.05) is 18.5 Å². The maximum absolute atomic E-state index is 14.9. The topological polar surface area (TPSA) is 157 Å². The van der Waals surface area contributed by atoms with Gasteiger partial charge in [-0.15, -0.1) is 0 Å². The van der Waals surface area contributed by atoms with Crippen LogP contribution in [0.4, 0.5) is 32.2 Å². The van der Waals surface area contributed by atoms with Gasteiger partial charge in [-0.2, -0.15) is 10.4 Å². The summed E-state index contributed by atoms with van der Waals surface area (Å²) < 4.78 is 25.7. The Kier molecular flexibility index (Phi) is 8.75. The van der Waals surface area contributed by atoms with Crippen molar-refractivity contribution in [3.05, 3.63) is 41.7 Å². The van der Waals surface area contributed by atoms with Gasteiger partial charge in [-0.3, -0.25) is 5.43 Å². The predicted molar refractivity (Wildman–Crippen MR) is 136 cm³/mol. The fourth-order valence-electron chi connectivity index (χ4n) is 3.41. The lowest BCUT2D eigenvalue weighted by Gasteiger charge is -2.33. The Labute approximate surface area is 208 Å². The molecule has 2 atom stereocenters. The molecule has 1 amide bonds. The van der Waals surface area contributed by atoms with E-state index in [2.05, 4.69) is 31.5 Å². The molecule has 190 valence electrons. The van der Waals surface area contributed by atoms with Crippen molar-refractivity contribution in [2.75, 3.05) is 29.3 Å². The zero-order chi connectivity index (χ0) is 26.1. The summed E-state index contributed by atoms with van der Waals surface area (Å²) in [6, 6.07) is 9.19. The average Bonchev–Trinajstić information content (AvgIpc) is 2.81. The molecule has 1 aliphatic rings. The monoisotopic (exact) mass is 496 g/mol. The summed E-state index contributed by atoms with van der Waals surface area (Å²) in [5.74, 6) is -0.606. The Morgan fingerprint density at radius 3 is 2.81 bits per heavy atom. The molecule has 5 N–H and O–H groups in total. The number of rotatable bonds is 8. The Hall–Kier alpha value is -4.24. The van der Waals surface area contributed by atoms with Crippen LogP contribution in [-0.2, 0) is 9.47 Å². The molecule has 0 bridgehead atoms. The number of amides is 1. The second kappa shape index (κ2) is 11.9. The number of hydrazone groups is 1. The van der Waals surface area contributed by atoms with E-state index in [0.717, 1.165) is 12.3 Å². The summed E-state index contributed by atoms with van der Waals surface area (Å²) in [7, 11) is 0. The molecule has 0 radical (unpaired) electrons. The molecule has 0 spiro atoms. The van der Waals surface area contributed by atoms with Crippen LogP contribution in [0, 0.1) is 22.6 Å². The molecule has 12 heteroatoms. The van der Waals surface area contributed by atoms with E-state index in [1.807, 2.05) is 6.07 Å². The van der Waals surface area contributed by atoms with Crippen molar-refractivity contribution in [3.8, 4) is 6.07 Å². The number of nitrogens with zero attached hydrogens (tertiary/aromatic N) is 3. The minimum absolute atomic E-state index is 0.0219. The van der Waals surface area contributed by atoms with Crippen LogP contribution in [0.5, 0.6) is 0 Å². The zero-order valence-electron chi connectivity index (χ0n) is 20.3. The van der Waals surface area contributed by atoms with Crippen LogP contribution in [0.3, 0.4) is 0 Å². The van der Waals surface area contributed by atoms with Gasteiger partial charge in [0.2, 0.25) is 0 Å². The highest BCUT2D eigenvalue weighted by molar-refractivity contribution is 6.14. The lowest BCUT2D eigenvalue weighted by molar-refractivity contribution is 0.0317. The highest BCUT2D eigenvalue weighted by atomic mass is 19.1. The van der Waals surface area contributed by atoms with Crippen molar-refractivity contribution in [2.24, 2.45) is 5.10 Å². The van der Waals surface area contributed by atoms with Gasteiger partial charge in [0.25, 0.3) is 0 Å². The summed E-state index contributed by atoms with van der Waals surface area (Å²) in [5.41, 5.74) is 3.35. The van der Waals surface area contributed by atoms with E-state index in [1.165, 1.54) is 6.21 Å². The maximum atomic E-state index is 14.9. The molecule has 3 rings (SSSR count). The smallest absolute Gasteiger partial charge is 0.408 e. The third kappa shape index (κ3) is 7.64. The predicted octanol–water partition coefficient (Wildman–Crippen LogP) is 3.98. The van der Waals surface area contributed by atoms with Crippen molar-refractivity contribution in [3.63, 3.8) is 0 Å². The first-order valence-corrected chi connectivity index (χ1v) is 11.3. The number of halogens is 1. The molecule has 1 aliphatic heterocycles. The number of nitriles is 1. The van der Waals surface area contributed by atoms with Crippen molar-refractivity contribution in [2.45, 2.75) is 44.9 Å². The molecule has 0 aliphatic carbocycles. The van der Waals surface area contributed by atoms with Crippen molar-refractivity contribution in [1.29, 1.82) is 10.7 Å². The van der Waals surface area contributed by atoms with Crippen LogP contribution < -0.4 is 21.4 Å². The summed E-state index contributed by atoms with van der Waals surface area (Å²) in [5, 5.41) is 29.2. The van der Waals surface area contributed by atoms with Gasteiger partial charge < -0.3 is 30.8 Å². The normalized spacial score (nSPS) is 17.6. The second-order valence-corrected chi connectivity index (χ2v) is 8.96. The number of carbonyl (C=O) groups excluding carboxylic acids is 1. The third-order valence-corrected chi connectivity index (χ3v) is 4.95. The Balaban J connectivity index is 1.79. The first-order valence-electron chi connectivity index (χ1n) is 11.3. The average molecular weight is 497 g/mol. The lowest BCUT2D eigenvalue weighted by Crippen LogP contribution is -2.53. The third-order valence-electron chi connectivity index (χ3n) is 4.95. The van der Waals surface area contributed by atoms with Crippen LogP contribution >= 0.6 is 0 Å². The second-order valence-electron chi connectivity index (χ2n) is 8.96. The SMILES string of the molecule is CC(C)(C)OC(=O)N[C@H]1COCC[C@H]1Nc1nc(Nc2cccc(N/N=C\C=N)c2)c(C#N)cc1F. The van der Waals surface area contributed by atoms with Gasteiger partial charge in [0.1, 0.15) is 11.7 Å². The maximum Gasteiger partial charge on any atom is 0.408 e. The van der Waals surface area contributed by atoms with E-state index in [0.29, 0.717) is 24.4 Å². The Morgan fingerprint density at radius 1 is 1.31 bits per heavy atom. The summed E-state index contributed by atoms with van der Waals surface area (Å²) in [6.45, 7) is 5.94. The van der Waals surface area contributed by atoms with Crippen LogP contribution in [0.25, 0.3) is 0 Å². The van der Waals surface area contributed by atoms with E-state index in [-0.39, 0.29) is 29.8 Å². The van der Waals surface area contributed by atoms with E-state index in [4.69, 9.17) is 14.9 Å². The Morgan fingerprint density at radius 2 is 2.08 bits per heavy atom. The molecule has 2 aromatic rings. The van der Waals surface area contributed by atoms with Gasteiger partial charge in [0.05, 0.1) is 36.2 Å². The quantitative estimate of drug-likeness (QED) is 0.271. The number of nitrogens with one attached hydrogen (secondary N) is 5. The van der Waals surface area contributed by atoms with Gasteiger partial charge in [-0.05, 0) is 51.5 Å². The number of carbonyl (C=O) groups is 1. The van der Waals surface area contributed by atoms with Crippen LogP contribution in [0.2, 0.25) is 0 Å². The molecule has 2 heterocycles. The number of pyridine rings is 1. The highest BCUT2D eigenvalue weighted by Gasteiger charge is 2.30. The number of hydrogen-bond acceptors (Lipinski definition) is 10. The van der Waals surface area contributed by atoms with Gasteiger partial charge in [-0.1, -0.05) is 6.07 Å². The number of aromatic nitrogens is 1.